The van der Waals surface area contributed by atoms with Crippen molar-refractivity contribution in [3.63, 3.8) is 0 Å². The molecule has 5 nitrogen and oxygen atoms in total. The van der Waals surface area contributed by atoms with Crippen molar-refractivity contribution in [2.45, 2.75) is 13.0 Å². The predicted molar refractivity (Wildman–Crippen MR) is 103 cm³/mol. The van der Waals surface area contributed by atoms with E-state index in [0.29, 0.717) is 11.6 Å². The van der Waals surface area contributed by atoms with Crippen molar-refractivity contribution in [3.8, 4) is 0 Å². The summed E-state index contributed by atoms with van der Waals surface area (Å²) < 4.78 is 0. The number of nitrogens with one attached hydrogen (secondary N) is 2. The first kappa shape index (κ1) is 19.7. The van der Waals surface area contributed by atoms with E-state index in [4.69, 9.17) is 11.6 Å². The van der Waals surface area contributed by atoms with E-state index in [1.54, 1.807) is 12.3 Å². The van der Waals surface area contributed by atoms with Crippen molar-refractivity contribution in [2.75, 3.05) is 31.5 Å². The Kier molecular flexibility index (Phi) is 7.20. The number of amides is 1. The molecule has 1 fully saturated rings. The SMILES string of the molecule is Cc1ccc(Cl)cc1NC(=O)CN1CCNCC1c1cccnc1.Cl. The number of hydrogen-bond acceptors (Lipinski definition) is 4. The average molecular weight is 381 g/mol. The van der Waals surface area contributed by atoms with Gasteiger partial charge in [0.25, 0.3) is 0 Å². The van der Waals surface area contributed by atoms with Crippen molar-refractivity contribution in [1.82, 2.24) is 15.2 Å². The largest absolute Gasteiger partial charge is 0.325 e. The van der Waals surface area contributed by atoms with E-state index in [9.17, 15) is 4.79 Å². The lowest BCUT2D eigenvalue weighted by molar-refractivity contribution is -0.118. The normalized spacial score (nSPS) is 17.6. The van der Waals surface area contributed by atoms with Crippen LogP contribution in [0, 0.1) is 6.92 Å². The van der Waals surface area contributed by atoms with Gasteiger partial charge in [-0.2, -0.15) is 0 Å². The fraction of sp³-hybridized carbons (Fsp3) is 0.333. The molecule has 2 aromatic rings. The molecular weight excluding hydrogens is 359 g/mol. The summed E-state index contributed by atoms with van der Waals surface area (Å²) in [6.45, 7) is 4.80. The summed E-state index contributed by atoms with van der Waals surface area (Å²) in [5, 5.41) is 6.97. The smallest absolute Gasteiger partial charge is 0.238 e. The predicted octanol–water partition coefficient (Wildman–Crippen LogP) is 3.05. The summed E-state index contributed by atoms with van der Waals surface area (Å²) in [7, 11) is 0. The lowest BCUT2D eigenvalue weighted by Gasteiger charge is -2.35. The number of anilines is 1. The maximum absolute atomic E-state index is 12.5. The molecule has 25 heavy (non-hydrogen) atoms. The molecule has 1 aromatic carbocycles. The van der Waals surface area contributed by atoms with Crippen molar-refractivity contribution in [2.24, 2.45) is 0 Å². The van der Waals surface area contributed by atoms with E-state index < -0.39 is 0 Å². The zero-order valence-electron chi connectivity index (χ0n) is 14.0. The van der Waals surface area contributed by atoms with E-state index >= 15 is 0 Å². The Labute approximate surface area is 159 Å². The van der Waals surface area contributed by atoms with Gasteiger partial charge in [-0.1, -0.05) is 23.7 Å². The van der Waals surface area contributed by atoms with Crippen molar-refractivity contribution in [3.05, 3.63) is 58.9 Å². The van der Waals surface area contributed by atoms with Crippen molar-refractivity contribution in [1.29, 1.82) is 0 Å². The highest BCUT2D eigenvalue weighted by Crippen LogP contribution is 2.23. The number of pyridine rings is 1. The van der Waals surface area contributed by atoms with Gasteiger partial charge in [0.15, 0.2) is 0 Å². The second-order valence-corrected chi connectivity index (χ2v) is 6.42. The van der Waals surface area contributed by atoms with Crippen LogP contribution in [0.25, 0.3) is 0 Å². The Hall–Kier alpha value is -1.66. The molecule has 0 radical (unpaired) electrons. The highest BCUT2D eigenvalue weighted by atomic mass is 35.5. The second-order valence-electron chi connectivity index (χ2n) is 5.98. The highest BCUT2D eigenvalue weighted by molar-refractivity contribution is 6.31. The molecule has 2 N–H and O–H groups in total. The van der Waals surface area contributed by atoms with Gasteiger partial charge < -0.3 is 10.6 Å². The van der Waals surface area contributed by atoms with Crippen LogP contribution in [-0.4, -0.2) is 42.0 Å². The van der Waals surface area contributed by atoms with Crippen LogP contribution in [-0.2, 0) is 4.79 Å². The molecule has 0 aliphatic carbocycles. The minimum atomic E-state index is -0.0313. The van der Waals surface area contributed by atoms with Gasteiger partial charge in [0.1, 0.15) is 0 Å². The molecular formula is C18H22Cl2N4O. The monoisotopic (exact) mass is 380 g/mol. The zero-order chi connectivity index (χ0) is 16.9. The topological polar surface area (TPSA) is 57.3 Å². The summed E-state index contributed by atoms with van der Waals surface area (Å²) >= 11 is 6.02. The molecule has 2 heterocycles. The average Bonchev–Trinajstić information content (AvgIpc) is 2.59. The molecule has 1 atom stereocenters. The third-order valence-electron chi connectivity index (χ3n) is 4.24. The number of aromatic nitrogens is 1. The number of nitrogens with zero attached hydrogens (tertiary/aromatic N) is 2. The van der Waals surface area contributed by atoms with Crippen LogP contribution in [0.5, 0.6) is 0 Å². The van der Waals surface area contributed by atoms with E-state index in [0.717, 1.165) is 36.4 Å². The summed E-state index contributed by atoms with van der Waals surface area (Å²) in [6.07, 6.45) is 3.63. The Morgan fingerprint density at radius 2 is 2.28 bits per heavy atom. The van der Waals surface area contributed by atoms with Crippen LogP contribution in [0.3, 0.4) is 0 Å². The van der Waals surface area contributed by atoms with Crippen LogP contribution >= 0.6 is 24.0 Å². The fourth-order valence-corrected chi connectivity index (χ4v) is 3.11. The van der Waals surface area contributed by atoms with Gasteiger partial charge in [-0.25, -0.2) is 0 Å². The van der Waals surface area contributed by atoms with Crippen molar-refractivity contribution >= 4 is 35.6 Å². The Bertz CT molecular complexity index is 711. The van der Waals surface area contributed by atoms with E-state index in [1.165, 1.54) is 0 Å². The van der Waals surface area contributed by atoms with E-state index in [1.807, 2.05) is 31.3 Å². The van der Waals surface area contributed by atoms with Gasteiger partial charge in [-0.05, 0) is 36.2 Å². The molecule has 0 saturated carbocycles. The van der Waals surface area contributed by atoms with Gasteiger partial charge in [-0.15, -0.1) is 12.4 Å². The molecule has 1 aliphatic rings. The Morgan fingerprint density at radius 1 is 1.44 bits per heavy atom. The Balaban J connectivity index is 0.00000225. The third kappa shape index (κ3) is 5.16. The Morgan fingerprint density at radius 3 is 3.04 bits per heavy atom. The quantitative estimate of drug-likeness (QED) is 0.855. The maximum Gasteiger partial charge on any atom is 0.238 e. The zero-order valence-corrected chi connectivity index (χ0v) is 15.6. The van der Waals surface area contributed by atoms with Gasteiger partial charge >= 0.3 is 0 Å². The summed E-state index contributed by atoms with van der Waals surface area (Å²) in [4.78, 5) is 18.9. The highest BCUT2D eigenvalue weighted by Gasteiger charge is 2.25. The number of hydrogen-bond donors (Lipinski definition) is 2. The van der Waals surface area contributed by atoms with Gasteiger partial charge in [0, 0.05) is 48.8 Å². The lowest BCUT2D eigenvalue weighted by Crippen LogP contribution is -2.48. The molecule has 1 aromatic heterocycles. The molecule has 1 saturated heterocycles. The molecule has 3 rings (SSSR count). The van der Waals surface area contributed by atoms with Crippen LogP contribution in [0.1, 0.15) is 17.2 Å². The summed E-state index contributed by atoms with van der Waals surface area (Å²) in [6, 6.07) is 9.64. The molecule has 1 unspecified atom stereocenters. The molecule has 1 amide bonds. The summed E-state index contributed by atoms with van der Waals surface area (Å²) in [5.41, 5.74) is 2.88. The first-order chi connectivity index (χ1) is 11.6. The van der Waals surface area contributed by atoms with E-state index in [2.05, 4.69) is 26.6 Å². The number of halogens is 2. The fourth-order valence-electron chi connectivity index (χ4n) is 2.94. The number of benzene rings is 1. The second kappa shape index (κ2) is 9.15. The number of aryl methyl sites for hydroxylation is 1. The van der Waals surface area contributed by atoms with Crippen LogP contribution in [0.15, 0.2) is 42.7 Å². The first-order valence-electron chi connectivity index (χ1n) is 8.04. The molecule has 7 heteroatoms. The van der Waals surface area contributed by atoms with Crippen molar-refractivity contribution < 1.29 is 4.79 Å². The lowest BCUT2D eigenvalue weighted by atomic mass is 10.1. The summed E-state index contributed by atoms with van der Waals surface area (Å²) in [5.74, 6) is -0.0313. The van der Waals surface area contributed by atoms with Gasteiger partial charge in [-0.3, -0.25) is 14.7 Å². The van der Waals surface area contributed by atoms with E-state index in [-0.39, 0.29) is 24.4 Å². The first-order valence-corrected chi connectivity index (χ1v) is 8.42. The number of piperazine rings is 1. The standard InChI is InChI=1S/C18H21ClN4O.ClH/c1-13-4-5-15(19)9-16(13)22-18(24)12-23-8-7-21-11-17(23)14-3-2-6-20-10-14;/h2-6,9-10,17,21H,7-8,11-12H2,1H3,(H,22,24);1H. The molecule has 1 aliphatic heterocycles. The van der Waals surface area contributed by atoms with Crippen LogP contribution < -0.4 is 10.6 Å². The van der Waals surface area contributed by atoms with Gasteiger partial charge in [0.05, 0.1) is 6.54 Å². The molecule has 0 bridgehead atoms. The number of rotatable bonds is 4. The molecule has 0 spiro atoms. The maximum atomic E-state index is 12.5. The minimum Gasteiger partial charge on any atom is -0.325 e. The number of carbonyl (C=O) groups is 1. The van der Waals surface area contributed by atoms with Crippen LogP contribution in [0.4, 0.5) is 5.69 Å². The minimum absolute atomic E-state index is 0. The molecule has 134 valence electrons. The van der Waals surface area contributed by atoms with Gasteiger partial charge in [0.2, 0.25) is 5.91 Å². The third-order valence-corrected chi connectivity index (χ3v) is 4.48. The number of carbonyl (C=O) groups excluding carboxylic acids is 1. The van der Waals surface area contributed by atoms with Crippen LogP contribution in [0.2, 0.25) is 5.02 Å².